The highest BCUT2D eigenvalue weighted by Gasteiger charge is 2.37. The van der Waals surface area contributed by atoms with E-state index < -0.39 is 10.2 Å². The molecule has 0 aromatic rings. The van der Waals surface area contributed by atoms with Crippen molar-refractivity contribution >= 4 is 16.1 Å². The molecule has 1 amide bonds. The maximum absolute atomic E-state index is 13.0. The first-order valence-electron chi connectivity index (χ1n) is 10.5. The summed E-state index contributed by atoms with van der Waals surface area (Å²) in [7, 11) is -3.43. The van der Waals surface area contributed by atoms with Crippen molar-refractivity contribution in [3.8, 4) is 0 Å². The molecule has 2 aliphatic heterocycles. The number of rotatable bonds is 4. The van der Waals surface area contributed by atoms with Crippen LogP contribution in [0.4, 0.5) is 0 Å². The largest absolute Gasteiger partial charge is 0.353 e. The predicted octanol–water partition coefficient (Wildman–Crippen LogP) is 2.51. The molecule has 3 rings (SSSR count). The highest BCUT2D eigenvalue weighted by Crippen LogP contribution is 2.26. The van der Waals surface area contributed by atoms with Crippen LogP contribution >= 0.6 is 0 Å². The quantitative estimate of drug-likeness (QED) is 0.756. The minimum absolute atomic E-state index is 0.0593. The average molecular weight is 386 g/mol. The van der Waals surface area contributed by atoms with E-state index in [-0.39, 0.29) is 17.9 Å². The van der Waals surface area contributed by atoms with Gasteiger partial charge in [-0.2, -0.15) is 17.0 Å². The van der Waals surface area contributed by atoms with E-state index in [2.05, 4.69) is 12.2 Å². The third-order valence-electron chi connectivity index (χ3n) is 6.35. The standard InChI is InChI=1S/C19H35N3O3S/c1-16-10-13-21(14-11-16)26(24,25)22-12-6-7-17(15-22)19(23)20-18-8-4-2-3-5-9-18/h16-18H,2-15H2,1H3,(H,20,23)/t17-/m0/s1. The van der Waals surface area contributed by atoms with Crippen LogP contribution in [-0.4, -0.2) is 55.2 Å². The number of nitrogens with one attached hydrogen (secondary N) is 1. The van der Waals surface area contributed by atoms with Gasteiger partial charge in [0.1, 0.15) is 0 Å². The zero-order valence-electron chi connectivity index (χ0n) is 16.2. The minimum atomic E-state index is -3.43. The number of carbonyl (C=O) groups excluding carboxylic acids is 1. The normalized spacial score (nSPS) is 28.6. The van der Waals surface area contributed by atoms with Crippen molar-refractivity contribution in [2.24, 2.45) is 11.8 Å². The van der Waals surface area contributed by atoms with Gasteiger partial charge in [0.2, 0.25) is 5.91 Å². The second kappa shape index (κ2) is 9.02. The highest BCUT2D eigenvalue weighted by atomic mass is 32.2. The molecule has 3 aliphatic rings. The van der Waals surface area contributed by atoms with Gasteiger partial charge in [0.15, 0.2) is 0 Å². The van der Waals surface area contributed by atoms with Gasteiger partial charge in [-0.15, -0.1) is 0 Å². The average Bonchev–Trinajstić information content (AvgIpc) is 2.91. The Morgan fingerprint density at radius 2 is 1.50 bits per heavy atom. The summed E-state index contributed by atoms with van der Waals surface area (Å²) in [4.78, 5) is 12.7. The summed E-state index contributed by atoms with van der Waals surface area (Å²) in [5.74, 6) is 0.454. The summed E-state index contributed by atoms with van der Waals surface area (Å²) >= 11 is 0. The van der Waals surface area contributed by atoms with E-state index in [4.69, 9.17) is 0 Å². The number of piperidine rings is 2. The first-order chi connectivity index (χ1) is 12.5. The molecule has 0 aromatic heterocycles. The smallest absolute Gasteiger partial charge is 0.281 e. The number of amides is 1. The number of nitrogens with zero attached hydrogens (tertiary/aromatic N) is 2. The van der Waals surface area contributed by atoms with Crippen LogP contribution in [-0.2, 0) is 15.0 Å². The summed E-state index contributed by atoms with van der Waals surface area (Å²) in [5.41, 5.74) is 0. The van der Waals surface area contributed by atoms with E-state index in [1.807, 2.05) is 0 Å². The molecule has 1 N–H and O–H groups in total. The molecule has 1 saturated carbocycles. The van der Waals surface area contributed by atoms with Gasteiger partial charge in [0, 0.05) is 32.2 Å². The molecule has 2 saturated heterocycles. The Kier molecular flexibility index (Phi) is 6.97. The van der Waals surface area contributed by atoms with Crippen molar-refractivity contribution in [3.05, 3.63) is 0 Å². The van der Waals surface area contributed by atoms with Crippen LogP contribution in [0.15, 0.2) is 0 Å². The van der Waals surface area contributed by atoms with Gasteiger partial charge in [-0.3, -0.25) is 4.79 Å². The fraction of sp³-hybridized carbons (Fsp3) is 0.947. The molecule has 0 unspecified atom stereocenters. The lowest BCUT2D eigenvalue weighted by molar-refractivity contribution is -0.126. The molecule has 6 nitrogen and oxygen atoms in total. The molecule has 1 aliphatic carbocycles. The van der Waals surface area contributed by atoms with Crippen molar-refractivity contribution < 1.29 is 13.2 Å². The second-order valence-electron chi connectivity index (χ2n) is 8.48. The molecule has 26 heavy (non-hydrogen) atoms. The monoisotopic (exact) mass is 385 g/mol. The number of hydrogen-bond acceptors (Lipinski definition) is 3. The Balaban J connectivity index is 1.56. The van der Waals surface area contributed by atoms with Crippen molar-refractivity contribution in [3.63, 3.8) is 0 Å². The van der Waals surface area contributed by atoms with Gasteiger partial charge in [-0.1, -0.05) is 32.6 Å². The van der Waals surface area contributed by atoms with Gasteiger partial charge in [-0.05, 0) is 44.4 Å². The van der Waals surface area contributed by atoms with Crippen LogP contribution in [0, 0.1) is 11.8 Å². The molecule has 0 bridgehead atoms. The third kappa shape index (κ3) is 4.98. The molecule has 0 spiro atoms. The van der Waals surface area contributed by atoms with E-state index in [0.717, 1.165) is 38.5 Å². The molecule has 150 valence electrons. The SMILES string of the molecule is CC1CCN(S(=O)(=O)N2CCC[C@H](C(=O)NC3CCCCCC3)C2)CC1. The lowest BCUT2D eigenvalue weighted by Gasteiger charge is -2.37. The van der Waals surface area contributed by atoms with Gasteiger partial charge < -0.3 is 5.32 Å². The molecule has 0 aromatic carbocycles. The summed E-state index contributed by atoms with van der Waals surface area (Å²) < 4.78 is 29.1. The molecule has 2 heterocycles. The maximum atomic E-state index is 13.0. The van der Waals surface area contributed by atoms with Gasteiger partial charge in [0.25, 0.3) is 10.2 Å². The third-order valence-corrected chi connectivity index (χ3v) is 8.35. The topological polar surface area (TPSA) is 69.7 Å². The van der Waals surface area contributed by atoms with Crippen LogP contribution in [0.25, 0.3) is 0 Å². The van der Waals surface area contributed by atoms with Gasteiger partial charge >= 0.3 is 0 Å². The zero-order chi connectivity index (χ0) is 18.6. The first-order valence-corrected chi connectivity index (χ1v) is 11.9. The zero-order valence-corrected chi connectivity index (χ0v) is 17.0. The van der Waals surface area contributed by atoms with Crippen LogP contribution in [0.5, 0.6) is 0 Å². The van der Waals surface area contributed by atoms with Crippen molar-refractivity contribution in [2.45, 2.75) is 77.2 Å². The molecule has 0 radical (unpaired) electrons. The van der Waals surface area contributed by atoms with Crippen LogP contribution in [0.1, 0.15) is 71.1 Å². The van der Waals surface area contributed by atoms with Crippen molar-refractivity contribution in [2.75, 3.05) is 26.2 Å². The predicted molar refractivity (Wildman–Crippen MR) is 103 cm³/mol. The second-order valence-corrected chi connectivity index (χ2v) is 10.4. The summed E-state index contributed by atoms with van der Waals surface area (Å²) in [6.45, 7) is 4.28. The Bertz CT molecular complexity index is 565. The first kappa shape index (κ1) is 20.1. The van der Waals surface area contributed by atoms with E-state index in [1.165, 1.54) is 25.7 Å². The Labute approximate surface area is 158 Å². The minimum Gasteiger partial charge on any atom is -0.353 e. The lowest BCUT2D eigenvalue weighted by atomic mass is 9.97. The van der Waals surface area contributed by atoms with E-state index in [9.17, 15) is 13.2 Å². The van der Waals surface area contributed by atoms with Crippen LogP contribution < -0.4 is 5.32 Å². The van der Waals surface area contributed by atoms with E-state index in [1.54, 1.807) is 8.61 Å². The maximum Gasteiger partial charge on any atom is 0.281 e. The van der Waals surface area contributed by atoms with E-state index in [0.29, 0.717) is 32.1 Å². The Morgan fingerprint density at radius 3 is 2.15 bits per heavy atom. The van der Waals surface area contributed by atoms with Gasteiger partial charge in [0.05, 0.1) is 5.92 Å². The summed E-state index contributed by atoms with van der Waals surface area (Å²) in [5, 5.41) is 3.21. The van der Waals surface area contributed by atoms with Crippen molar-refractivity contribution in [1.82, 2.24) is 13.9 Å². The molecular formula is C19H35N3O3S. The highest BCUT2D eigenvalue weighted by molar-refractivity contribution is 7.86. The Hall–Kier alpha value is -0.660. The fourth-order valence-electron chi connectivity index (χ4n) is 4.49. The number of carbonyl (C=O) groups is 1. The molecule has 1 atom stereocenters. The van der Waals surface area contributed by atoms with Crippen LogP contribution in [0.2, 0.25) is 0 Å². The molecule has 7 heteroatoms. The summed E-state index contributed by atoms with van der Waals surface area (Å²) in [6.07, 6.45) is 10.4. The lowest BCUT2D eigenvalue weighted by Crippen LogP contribution is -2.52. The summed E-state index contributed by atoms with van der Waals surface area (Å²) in [6, 6.07) is 0.278. The Morgan fingerprint density at radius 1 is 0.846 bits per heavy atom. The number of hydrogen-bond donors (Lipinski definition) is 1. The van der Waals surface area contributed by atoms with Gasteiger partial charge in [-0.25, -0.2) is 0 Å². The molecular weight excluding hydrogens is 350 g/mol. The molecule has 3 fully saturated rings. The van der Waals surface area contributed by atoms with E-state index >= 15 is 0 Å². The van der Waals surface area contributed by atoms with Crippen LogP contribution in [0.3, 0.4) is 0 Å². The fourth-order valence-corrected chi connectivity index (χ4v) is 6.21. The van der Waals surface area contributed by atoms with Crippen molar-refractivity contribution in [1.29, 1.82) is 0 Å².